The van der Waals surface area contributed by atoms with Crippen LogP contribution in [0.2, 0.25) is 0 Å². The maximum Gasteiger partial charge on any atom is 0.226 e. The van der Waals surface area contributed by atoms with Gasteiger partial charge in [-0.3, -0.25) is 0 Å². The molecule has 0 aromatic carbocycles. The van der Waals surface area contributed by atoms with Crippen LogP contribution in [0.1, 0.15) is 37.8 Å². The molecule has 0 radical (unpaired) electrons. The molecule has 2 rings (SSSR count). The van der Waals surface area contributed by atoms with Crippen LogP contribution in [0.4, 0.5) is 5.95 Å². The Bertz CT molecular complexity index is 434. The summed E-state index contributed by atoms with van der Waals surface area (Å²) in [7, 11) is 0. The van der Waals surface area contributed by atoms with Gasteiger partial charge in [-0.2, -0.15) is 0 Å². The maximum atomic E-state index is 9.26. The van der Waals surface area contributed by atoms with Gasteiger partial charge in [0.25, 0.3) is 0 Å². The van der Waals surface area contributed by atoms with E-state index < -0.39 is 0 Å². The number of hydrogen-bond acceptors (Lipinski definition) is 5. The molecule has 6 heteroatoms. The van der Waals surface area contributed by atoms with Crippen LogP contribution in [-0.4, -0.2) is 39.3 Å². The summed E-state index contributed by atoms with van der Waals surface area (Å²) < 4.78 is 0. The molecule has 0 atom stereocenters. The fourth-order valence-corrected chi connectivity index (χ4v) is 2.68. The van der Waals surface area contributed by atoms with Crippen molar-refractivity contribution in [3.8, 4) is 0 Å². The minimum atomic E-state index is 0.0944. The average molecular weight is 280 g/mol. The van der Waals surface area contributed by atoms with Crippen LogP contribution in [-0.2, 0) is 0 Å². The Morgan fingerprint density at radius 2 is 2.16 bits per heavy atom. The topological polar surface area (TPSA) is 75.3 Å². The van der Waals surface area contributed by atoms with E-state index in [1.807, 2.05) is 0 Å². The standard InChI is InChI=1S/C13H20N4OS/c14-12(19)11-6-7-15-13(16-11)17(8-9-18)10-4-2-1-3-5-10/h6-7,10,18H,1-5,8-9H2,(H2,14,19). The number of nitrogens with two attached hydrogens (primary N) is 1. The summed E-state index contributed by atoms with van der Waals surface area (Å²) in [5.41, 5.74) is 6.19. The highest BCUT2D eigenvalue weighted by molar-refractivity contribution is 7.80. The van der Waals surface area contributed by atoms with E-state index in [1.54, 1.807) is 12.3 Å². The Morgan fingerprint density at radius 3 is 2.79 bits per heavy atom. The summed E-state index contributed by atoms with van der Waals surface area (Å²) in [4.78, 5) is 11.1. The number of aliphatic hydroxyl groups is 1. The van der Waals surface area contributed by atoms with Crippen LogP contribution in [0.3, 0.4) is 0 Å². The zero-order valence-electron chi connectivity index (χ0n) is 11.0. The van der Waals surface area contributed by atoms with E-state index >= 15 is 0 Å². The van der Waals surface area contributed by atoms with Crippen LogP contribution in [0, 0.1) is 0 Å². The Balaban J connectivity index is 2.22. The highest BCUT2D eigenvalue weighted by Crippen LogP contribution is 2.25. The number of aliphatic hydroxyl groups excluding tert-OH is 1. The van der Waals surface area contributed by atoms with E-state index in [2.05, 4.69) is 14.9 Å². The van der Waals surface area contributed by atoms with E-state index in [0.29, 0.717) is 24.2 Å². The second-order valence-corrected chi connectivity index (χ2v) is 5.25. The van der Waals surface area contributed by atoms with Crippen molar-refractivity contribution in [2.24, 2.45) is 5.73 Å². The SMILES string of the molecule is NC(=S)c1ccnc(N(CCO)C2CCCCC2)n1. The molecule has 0 spiro atoms. The minimum Gasteiger partial charge on any atom is -0.395 e. The van der Waals surface area contributed by atoms with Crippen molar-refractivity contribution in [2.75, 3.05) is 18.1 Å². The first-order chi connectivity index (χ1) is 9.22. The van der Waals surface area contributed by atoms with Crippen molar-refractivity contribution in [2.45, 2.75) is 38.1 Å². The Hall–Kier alpha value is -1.27. The van der Waals surface area contributed by atoms with Gasteiger partial charge >= 0.3 is 0 Å². The van der Waals surface area contributed by atoms with Gasteiger partial charge in [0.2, 0.25) is 5.95 Å². The second kappa shape index (κ2) is 6.77. The molecule has 1 aliphatic rings. The lowest BCUT2D eigenvalue weighted by atomic mass is 9.94. The maximum absolute atomic E-state index is 9.26. The molecule has 1 aromatic rings. The summed E-state index contributed by atoms with van der Waals surface area (Å²) in [5.74, 6) is 0.617. The molecule has 0 unspecified atom stereocenters. The smallest absolute Gasteiger partial charge is 0.226 e. The third kappa shape index (κ3) is 3.61. The number of thiocarbonyl (C=S) groups is 1. The van der Waals surface area contributed by atoms with Crippen LogP contribution in [0.15, 0.2) is 12.3 Å². The van der Waals surface area contributed by atoms with Crippen LogP contribution >= 0.6 is 12.2 Å². The summed E-state index contributed by atoms with van der Waals surface area (Å²) >= 11 is 4.95. The van der Waals surface area contributed by atoms with Crippen molar-refractivity contribution >= 4 is 23.2 Å². The Kier molecular flexibility index (Phi) is 5.04. The van der Waals surface area contributed by atoms with Crippen molar-refractivity contribution in [3.63, 3.8) is 0 Å². The Morgan fingerprint density at radius 1 is 1.42 bits per heavy atom. The second-order valence-electron chi connectivity index (χ2n) is 4.81. The molecule has 1 saturated carbocycles. The molecule has 0 aliphatic heterocycles. The first-order valence-electron chi connectivity index (χ1n) is 6.72. The van der Waals surface area contributed by atoms with Crippen molar-refractivity contribution in [1.82, 2.24) is 9.97 Å². The highest BCUT2D eigenvalue weighted by Gasteiger charge is 2.23. The molecule has 1 fully saturated rings. The largest absolute Gasteiger partial charge is 0.395 e. The summed E-state index contributed by atoms with van der Waals surface area (Å²) in [6.07, 6.45) is 7.66. The van der Waals surface area contributed by atoms with E-state index in [1.165, 1.54) is 19.3 Å². The van der Waals surface area contributed by atoms with Gasteiger partial charge in [-0.1, -0.05) is 31.5 Å². The van der Waals surface area contributed by atoms with Gasteiger partial charge in [-0.25, -0.2) is 9.97 Å². The molecular formula is C13H20N4OS. The zero-order valence-corrected chi connectivity index (χ0v) is 11.8. The van der Waals surface area contributed by atoms with E-state index in [9.17, 15) is 5.11 Å². The van der Waals surface area contributed by atoms with Gasteiger partial charge in [0.15, 0.2) is 0 Å². The quantitative estimate of drug-likeness (QED) is 0.791. The zero-order chi connectivity index (χ0) is 13.7. The van der Waals surface area contributed by atoms with Gasteiger partial charge in [-0.05, 0) is 18.9 Å². The molecule has 104 valence electrons. The van der Waals surface area contributed by atoms with E-state index in [4.69, 9.17) is 18.0 Å². The van der Waals surface area contributed by atoms with Crippen LogP contribution in [0.25, 0.3) is 0 Å². The fraction of sp³-hybridized carbons (Fsp3) is 0.615. The monoisotopic (exact) mass is 280 g/mol. The lowest BCUT2D eigenvalue weighted by Crippen LogP contribution is -2.40. The number of aromatic nitrogens is 2. The predicted octanol–water partition coefficient (Wildman–Crippen LogP) is 1.24. The number of anilines is 1. The van der Waals surface area contributed by atoms with Gasteiger partial charge < -0.3 is 15.7 Å². The lowest BCUT2D eigenvalue weighted by Gasteiger charge is -2.34. The van der Waals surface area contributed by atoms with Gasteiger partial charge in [-0.15, -0.1) is 0 Å². The molecule has 19 heavy (non-hydrogen) atoms. The predicted molar refractivity (Wildman–Crippen MR) is 79.2 cm³/mol. The molecule has 0 saturated heterocycles. The number of nitrogens with zero attached hydrogens (tertiary/aromatic N) is 3. The van der Waals surface area contributed by atoms with E-state index in [-0.39, 0.29) is 11.6 Å². The molecule has 5 nitrogen and oxygen atoms in total. The molecule has 0 bridgehead atoms. The number of rotatable bonds is 5. The third-order valence-corrected chi connectivity index (χ3v) is 3.72. The fourth-order valence-electron chi connectivity index (χ4n) is 2.57. The summed E-state index contributed by atoms with van der Waals surface area (Å²) in [6, 6.07) is 2.12. The van der Waals surface area contributed by atoms with Crippen LogP contribution < -0.4 is 10.6 Å². The molecule has 1 heterocycles. The first kappa shape index (κ1) is 14.1. The van der Waals surface area contributed by atoms with E-state index in [0.717, 1.165) is 12.8 Å². The van der Waals surface area contributed by atoms with Crippen molar-refractivity contribution in [3.05, 3.63) is 18.0 Å². The molecule has 0 amide bonds. The third-order valence-electron chi connectivity index (χ3n) is 3.51. The molecule has 3 N–H and O–H groups in total. The molecule has 1 aliphatic carbocycles. The summed E-state index contributed by atoms with van der Waals surface area (Å²) in [6.45, 7) is 0.641. The normalized spacial score (nSPS) is 16.3. The van der Waals surface area contributed by atoms with Gasteiger partial charge in [0.05, 0.1) is 6.61 Å². The van der Waals surface area contributed by atoms with Gasteiger partial charge in [0.1, 0.15) is 10.7 Å². The van der Waals surface area contributed by atoms with Crippen molar-refractivity contribution in [1.29, 1.82) is 0 Å². The molecule has 1 aromatic heterocycles. The minimum absolute atomic E-state index is 0.0944. The highest BCUT2D eigenvalue weighted by atomic mass is 32.1. The first-order valence-corrected chi connectivity index (χ1v) is 7.13. The average Bonchev–Trinajstić information content (AvgIpc) is 2.46. The summed E-state index contributed by atoms with van der Waals surface area (Å²) in [5, 5.41) is 9.26. The van der Waals surface area contributed by atoms with Crippen molar-refractivity contribution < 1.29 is 5.11 Å². The number of hydrogen-bond donors (Lipinski definition) is 2. The lowest BCUT2D eigenvalue weighted by molar-refractivity contribution is 0.288. The van der Waals surface area contributed by atoms with Crippen LogP contribution in [0.5, 0.6) is 0 Å². The Labute approximate surface area is 118 Å². The van der Waals surface area contributed by atoms with Gasteiger partial charge in [0, 0.05) is 18.8 Å². The molecular weight excluding hydrogens is 260 g/mol.